The quantitative estimate of drug-likeness (QED) is 0.0863. The minimum absolute atomic E-state index is 0.0500. The van der Waals surface area contributed by atoms with E-state index in [2.05, 4.69) is 0 Å². The summed E-state index contributed by atoms with van der Waals surface area (Å²) in [5.41, 5.74) is 6.41. The molecule has 0 atom stereocenters. The van der Waals surface area contributed by atoms with Crippen molar-refractivity contribution in [1.29, 1.82) is 0 Å². The van der Waals surface area contributed by atoms with Gasteiger partial charge in [-0.15, -0.1) is 0 Å². The Morgan fingerprint density at radius 1 is 0.258 bits per heavy atom. The molecule has 0 unspecified atom stereocenters. The van der Waals surface area contributed by atoms with Gasteiger partial charge in [0.15, 0.2) is 0 Å². The van der Waals surface area contributed by atoms with Gasteiger partial charge in [-0.1, -0.05) is 121 Å². The average Bonchev–Trinajstić information content (AvgIpc) is 3.29. The second-order valence-corrected chi connectivity index (χ2v) is 16.1. The number of aromatic hydroxyl groups is 6. The summed E-state index contributed by atoms with van der Waals surface area (Å²) in [6.45, 7) is 0. The first kappa shape index (κ1) is 38.3. The maximum atomic E-state index is 12.3. The Hall–Kier alpha value is -7.96. The van der Waals surface area contributed by atoms with Crippen LogP contribution >= 0.6 is 0 Å². The van der Waals surface area contributed by atoms with Crippen molar-refractivity contribution in [3.05, 3.63) is 214 Å². The second kappa shape index (κ2) is 15.6. The van der Waals surface area contributed by atoms with E-state index < -0.39 is 0 Å². The molecule has 6 heteroatoms. The van der Waals surface area contributed by atoms with Crippen molar-refractivity contribution in [2.75, 3.05) is 0 Å². The average molecular weight is 811 g/mol. The summed E-state index contributed by atoms with van der Waals surface area (Å²) in [7, 11) is 0. The molecule has 6 N–H and O–H groups in total. The van der Waals surface area contributed by atoms with E-state index in [9.17, 15) is 30.6 Å². The van der Waals surface area contributed by atoms with Crippen molar-refractivity contribution >= 4 is 43.1 Å². The van der Waals surface area contributed by atoms with Gasteiger partial charge in [0.2, 0.25) is 0 Å². The zero-order valence-corrected chi connectivity index (χ0v) is 33.7. The van der Waals surface area contributed by atoms with E-state index in [0.717, 1.165) is 54.2 Å². The lowest BCUT2D eigenvalue weighted by Gasteiger charge is -2.19. The fraction of sp³-hybridized carbons (Fsp3) is 0.0714. The third kappa shape index (κ3) is 6.91. The van der Waals surface area contributed by atoms with Crippen LogP contribution in [0.5, 0.6) is 34.5 Å². The predicted molar refractivity (Wildman–Crippen MR) is 249 cm³/mol. The highest BCUT2D eigenvalue weighted by atomic mass is 16.3. The molecule has 0 bridgehead atoms. The van der Waals surface area contributed by atoms with Gasteiger partial charge in [0, 0.05) is 47.9 Å². The monoisotopic (exact) mass is 810 g/mol. The highest BCUT2D eigenvalue weighted by molar-refractivity contribution is 5.91. The molecule has 6 nitrogen and oxygen atoms in total. The SMILES string of the molecule is Oc1ccc2ccccc2c1Cc1cc(-c2cc(Cc3c(O)ccc4ccccc34)c(O)c(Cc3c(O)ccc4ccccc34)c2)cc(Cc2c(O)ccc3ccccc23)c1O. The highest BCUT2D eigenvalue weighted by Crippen LogP contribution is 2.42. The molecular weight excluding hydrogens is 769 g/mol. The summed E-state index contributed by atoms with van der Waals surface area (Å²) in [5.74, 6) is 0.547. The van der Waals surface area contributed by atoms with E-state index in [1.165, 1.54) is 0 Å². The number of hydrogen-bond acceptors (Lipinski definition) is 6. The van der Waals surface area contributed by atoms with Crippen LogP contribution in [0.1, 0.15) is 44.5 Å². The number of rotatable bonds is 9. The van der Waals surface area contributed by atoms with Crippen LogP contribution in [-0.2, 0) is 25.7 Å². The van der Waals surface area contributed by atoms with Crippen molar-refractivity contribution in [3.63, 3.8) is 0 Å². The molecule has 0 aliphatic heterocycles. The molecular formula is C56H42O6. The van der Waals surface area contributed by atoms with Gasteiger partial charge >= 0.3 is 0 Å². The van der Waals surface area contributed by atoms with Crippen LogP contribution in [-0.4, -0.2) is 30.6 Å². The molecule has 10 aromatic carbocycles. The molecule has 0 saturated heterocycles. The van der Waals surface area contributed by atoms with Gasteiger partial charge in [0.05, 0.1) is 0 Å². The summed E-state index contributed by atoms with van der Waals surface area (Å²) in [5, 5.41) is 77.0. The number of benzene rings is 10. The van der Waals surface area contributed by atoms with E-state index in [1.54, 1.807) is 24.3 Å². The molecule has 0 fully saturated rings. The Morgan fingerprint density at radius 3 is 0.726 bits per heavy atom. The normalized spacial score (nSPS) is 11.5. The minimum Gasteiger partial charge on any atom is -0.508 e. The van der Waals surface area contributed by atoms with Gasteiger partial charge < -0.3 is 30.6 Å². The summed E-state index contributed by atoms with van der Waals surface area (Å²) < 4.78 is 0. The third-order valence-electron chi connectivity index (χ3n) is 12.4. The van der Waals surface area contributed by atoms with Gasteiger partial charge in [-0.2, -0.15) is 0 Å². The van der Waals surface area contributed by atoms with Crippen molar-refractivity contribution < 1.29 is 30.6 Å². The van der Waals surface area contributed by atoms with Crippen LogP contribution < -0.4 is 0 Å². The molecule has 0 aliphatic rings. The van der Waals surface area contributed by atoms with Crippen LogP contribution in [0.4, 0.5) is 0 Å². The van der Waals surface area contributed by atoms with E-state index >= 15 is 0 Å². The molecule has 0 saturated carbocycles. The van der Waals surface area contributed by atoms with E-state index in [1.807, 2.05) is 146 Å². The molecule has 302 valence electrons. The molecule has 0 aliphatic carbocycles. The number of phenolic OH excluding ortho intramolecular Hbond substituents is 6. The summed E-state index contributed by atoms with van der Waals surface area (Å²) in [4.78, 5) is 0. The van der Waals surface area contributed by atoms with Crippen LogP contribution in [0, 0.1) is 0 Å². The first-order valence-corrected chi connectivity index (χ1v) is 20.7. The maximum Gasteiger partial charge on any atom is 0.122 e. The molecule has 0 aromatic heterocycles. The Balaban J connectivity index is 1.20. The zero-order chi connectivity index (χ0) is 42.5. The van der Waals surface area contributed by atoms with Gasteiger partial charge in [-0.05, 0) is 125 Å². The van der Waals surface area contributed by atoms with E-state index in [0.29, 0.717) is 44.5 Å². The molecule has 62 heavy (non-hydrogen) atoms. The lowest BCUT2D eigenvalue weighted by atomic mass is 9.87. The van der Waals surface area contributed by atoms with Crippen molar-refractivity contribution in [2.45, 2.75) is 25.7 Å². The highest BCUT2D eigenvalue weighted by Gasteiger charge is 2.22. The number of fused-ring (bicyclic) bond motifs is 4. The third-order valence-corrected chi connectivity index (χ3v) is 12.4. The lowest BCUT2D eigenvalue weighted by molar-refractivity contribution is 0.456. The van der Waals surface area contributed by atoms with Crippen molar-refractivity contribution in [3.8, 4) is 45.6 Å². The first-order chi connectivity index (χ1) is 30.2. The number of hydrogen-bond donors (Lipinski definition) is 6. The predicted octanol–water partition coefficient (Wildman–Crippen LogP) is 12.6. The second-order valence-electron chi connectivity index (χ2n) is 16.1. The van der Waals surface area contributed by atoms with E-state index in [4.69, 9.17) is 0 Å². The molecule has 0 amide bonds. The molecule has 0 radical (unpaired) electrons. The fourth-order valence-corrected chi connectivity index (χ4v) is 9.20. The molecule has 10 aromatic rings. The Kier molecular flexibility index (Phi) is 9.61. The number of phenols is 6. The van der Waals surface area contributed by atoms with Crippen LogP contribution in [0.3, 0.4) is 0 Å². The molecule has 0 heterocycles. The Bertz CT molecular complexity index is 2940. The largest absolute Gasteiger partial charge is 0.508 e. The van der Waals surface area contributed by atoms with Crippen LogP contribution in [0.25, 0.3) is 54.2 Å². The fourth-order valence-electron chi connectivity index (χ4n) is 9.20. The first-order valence-electron chi connectivity index (χ1n) is 20.7. The molecule has 10 rings (SSSR count). The van der Waals surface area contributed by atoms with Gasteiger partial charge in [-0.25, -0.2) is 0 Å². The van der Waals surface area contributed by atoms with Gasteiger partial charge in [-0.3, -0.25) is 0 Å². The smallest absolute Gasteiger partial charge is 0.122 e. The molecule has 0 spiro atoms. The summed E-state index contributed by atoms with van der Waals surface area (Å²) in [6, 6.07) is 53.2. The Morgan fingerprint density at radius 2 is 0.484 bits per heavy atom. The van der Waals surface area contributed by atoms with Crippen LogP contribution in [0.15, 0.2) is 170 Å². The Labute approximate surface area is 358 Å². The standard InChI is InChI=1S/C56H42O6/c57-51-21-17-33-9-1-5-13-43(33)47(51)29-39-25-37(26-40(55(39)61)30-48-44-14-6-2-10-34(44)18-22-52(48)58)38-27-41(31-49-45-15-7-3-11-35(45)19-23-53(49)59)56(62)42(28-38)32-50-46-16-8-4-12-36(46)20-24-54(50)60/h1-28,57-62H,29-32H2. The maximum absolute atomic E-state index is 12.3. The summed E-state index contributed by atoms with van der Waals surface area (Å²) >= 11 is 0. The van der Waals surface area contributed by atoms with Gasteiger partial charge in [0.1, 0.15) is 34.5 Å². The topological polar surface area (TPSA) is 121 Å². The summed E-state index contributed by atoms with van der Waals surface area (Å²) in [6.07, 6.45) is 0.805. The van der Waals surface area contributed by atoms with Crippen molar-refractivity contribution in [2.24, 2.45) is 0 Å². The minimum atomic E-state index is 0.0500. The lowest BCUT2D eigenvalue weighted by Crippen LogP contribution is -2.01. The van der Waals surface area contributed by atoms with Crippen molar-refractivity contribution in [1.82, 2.24) is 0 Å². The zero-order valence-electron chi connectivity index (χ0n) is 33.7. The van der Waals surface area contributed by atoms with Gasteiger partial charge in [0.25, 0.3) is 0 Å². The van der Waals surface area contributed by atoms with E-state index in [-0.39, 0.29) is 60.2 Å². The van der Waals surface area contributed by atoms with Crippen LogP contribution in [0.2, 0.25) is 0 Å².